The standard InChI is InChI=1S/C17H18N4O3/c1-10-13(14(23-20-10)12-8-6-5-7-9-12)15-18-16(21-24-15)17(3,4)19-11(2)22/h5-9H,1-4H3,(H,19,22). The van der Waals surface area contributed by atoms with Crippen molar-refractivity contribution in [3.05, 3.63) is 41.9 Å². The van der Waals surface area contributed by atoms with Crippen LogP contribution in [0.2, 0.25) is 0 Å². The van der Waals surface area contributed by atoms with Crippen LogP contribution in [0.4, 0.5) is 0 Å². The van der Waals surface area contributed by atoms with E-state index in [0.717, 1.165) is 5.56 Å². The molecular formula is C17H18N4O3. The second-order valence-corrected chi connectivity index (χ2v) is 6.07. The predicted molar refractivity (Wildman–Crippen MR) is 86.8 cm³/mol. The van der Waals surface area contributed by atoms with Gasteiger partial charge in [-0.3, -0.25) is 4.79 Å². The van der Waals surface area contributed by atoms with Crippen molar-refractivity contribution in [1.82, 2.24) is 20.6 Å². The van der Waals surface area contributed by atoms with Gasteiger partial charge in [0.2, 0.25) is 5.91 Å². The molecule has 0 spiro atoms. The molecule has 7 nitrogen and oxygen atoms in total. The van der Waals surface area contributed by atoms with Crippen LogP contribution in [0.1, 0.15) is 32.3 Å². The summed E-state index contributed by atoms with van der Waals surface area (Å²) in [4.78, 5) is 15.8. The number of carbonyl (C=O) groups excluding carboxylic acids is 1. The Morgan fingerprint density at radius 3 is 2.50 bits per heavy atom. The Morgan fingerprint density at radius 1 is 1.12 bits per heavy atom. The van der Waals surface area contributed by atoms with Crippen LogP contribution < -0.4 is 5.32 Å². The van der Waals surface area contributed by atoms with Gasteiger partial charge in [0.25, 0.3) is 5.89 Å². The topological polar surface area (TPSA) is 94.1 Å². The number of aryl methyl sites for hydroxylation is 1. The van der Waals surface area contributed by atoms with E-state index >= 15 is 0 Å². The monoisotopic (exact) mass is 326 g/mol. The van der Waals surface area contributed by atoms with E-state index in [1.54, 1.807) is 0 Å². The zero-order valence-electron chi connectivity index (χ0n) is 14.0. The molecule has 1 aromatic carbocycles. The van der Waals surface area contributed by atoms with Crippen LogP contribution in [-0.4, -0.2) is 21.2 Å². The molecule has 3 aromatic rings. The van der Waals surface area contributed by atoms with Crippen LogP contribution in [0.3, 0.4) is 0 Å². The smallest absolute Gasteiger partial charge is 0.263 e. The van der Waals surface area contributed by atoms with Gasteiger partial charge in [-0.15, -0.1) is 0 Å². The highest BCUT2D eigenvalue weighted by atomic mass is 16.5. The minimum atomic E-state index is -0.744. The number of aromatic nitrogens is 3. The fraction of sp³-hybridized carbons (Fsp3) is 0.294. The lowest BCUT2D eigenvalue weighted by molar-refractivity contribution is -0.120. The minimum absolute atomic E-state index is 0.169. The van der Waals surface area contributed by atoms with E-state index in [-0.39, 0.29) is 5.91 Å². The van der Waals surface area contributed by atoms with Crippen molar-refractivity contribution in [2.75, 3.05) is 0 Å². The summed E-state index contributed by atoms with van der Waals surface area (Å²) in [6.45, 7) is 6.87. The largest absolute Gasteiger partial charge is 0.355 e. The molecule has 3 rings (SSSR count). The van der Waals surface area contributed by atoms with E-state index in [0.29, 0.717) is 28.7 Å². The zero-order chi connectivity index (χ0) is 17.3. The van der Waals surface area contributed by atoms with E-state index < -0.39 is 5.54 Å². The molecule has 2 heterocycles. The molecule has 1 amide bonds. The molecule has 24 heavy (non-hydrogen) atoms. The summed E-state index contributed by atoms with van der Waals surface area (Å²) in [6, 6.07) is 9.59. The van der Waals surface area contributed by atoms with Crippen molar-refractivity contribution in [3.8, 4) is 22.8 Å². The third kappa shape index (κ3) is 2.92. The quantitative estimate of drug-likeness (QED) is 0.792. The third-order valence-corrected chi connectivity index (χ3v) is 3.59. The van der Waals surface area contributed by atoms with Gasteiger partial charge in [0.05, 0.1) is 11.2 Å². The summed E-state index contributed by atoms with van der Waals surface area (Å²) in [5.41, 5.74) is 1.43. The van der Waals surface area contributed by atoms with Crippen LogP contribution in [0.25, 0.3) is 22.8 Å². The Labute approximate surface area is 139 Å². The van der Waals surface area contributed by atoms with Gasteiger partial charge in [0.15, 0.2) is 11.6 Å². The zero-order valence-corrected chi connectivity index (χ0v) is 14.0. The molecule has 0 saturated carbocycles. The van der Waals surface area contributed by atoms with Crippen molar-refractivity contribution < 1.29 is 13.8 Å². The van der Waals surface area contributed by atoms with Gasteiger partial charge in [-0.2, -0.15) is 4.98 Å². The first-order valence-electron chi connectivity index (χ1n) is 7.53. The maximum Gasteiger partial charge on any atom is 0.263 e. The maximum atomic E-state index is 11.3. The average Bonchev–Trinajstić information content (AvgIpc) is 3.13. The van der Waals surface area contributed by atoms with Crippen LogP contribution in [0, 0.1) is 6.92 Å². The normalized spacial score (nSPS) is 11.5. The number of hydrogen-bond donors (Lipinski definition) is 1. The first-order chi connectivity index (χ1) is 11.4. The molecule has 0 aliphatic heterocycles. The van der Waals surface area contributed by atoms with Gasteiger partial charge in [-0.25, -0.2) is 0 Å². The summed E-state index contributed by atoms with van der Waals surface area (Å²) in [5.74, 6) is 1.09. The number of nitrogens with one attached hydrogen (secondary N) is 1. The van der Waals surface area contributed by atoms with Gasteiger partial charge in [0, 0.05) is 12.5 Å². The van der Waals surface area contributed by atoms with Crippen LogP contribution in [-0.2, 0) is 10.3 Å². The number of nitrogens with zero attached hydrogens (tertiary/aromatic N) is 3. The van der Waals surface area contributed by atoms with E-state index in [4.69, 9.17) is 9.05 Å². The molecule has 0 radical (unpaired) electrons. The van der Waals surface area contributed by atoms with E-state index in [1.165, 1.54) is 6.92 Å². The molecule has 7 heteroatoms. The second kappa shape index (κ2) is 5.92. The van der Waals surface area contributed by atoms with E-state index in [1.807, 2.05) is 51.1 Å². The Morgan fingerprint density at radius 2 is 1.83 bits per heavy atom. The van der Waals surface area contributed by atoms with Crippen molar-refractivity contribution >= 4 is 5.91 Å². The number of benzene rings is 1. The average molecular weight is 326 g/mol. The molecule has 0 bridgehead atoms. The predicted octanol–water partition coefficient (Wildman–Crippen LogP) is 3.07. The summed E-state index contributed by atoms with van der Waals surface area (Å²) in [5, 5.41) is 10.8. The minimum Gasteiger partial charge on any atom is -0.355 e. The fourth-order valence-electron chi connectivity index (χ4n) is 2.48. The maximum absolute atomic E-state index is 11.3. The molecule has 1 N–H and O–H groups in total. The molecule has 0 saturated heterocycles. The first kappa shape index (κ1) is 15.9. The molecule has 0 aliphatic carbocycles. The molecule has 0 fully saturated rings. The van der Waals surface area contributed by atoms with Gasteiger partial charge in [-0.05, 0) is 20.8 Å². The molecule has 0 atom stereocenters. The summed E-state index contributed by atoms with van der Waals surface area (Å²) in [6.07, 6.45) is 0. The molecule has 0 unspecified atom stereocenters. The fourth-order valence-corrected chi connectivity index (χ4v) is 2.48. The van der Waals surface area contributed by atoms with Gasteiger partial charge >= 0.3 is 0 Å². The van der Waals surface area contributed by atoms with E-state index in [2.05, 4.69) is 20.6 Å². The molecule has 124 valence electrons. The van der Waals surface area contributed by atoms with Crippen LogP contribution in [0.5, 0.6) is 0 Å². The summed E-state index contributed by atoms with van der Waals surface area (Å²) < 4.78 is 10.9. The Kier molecular flexibility index (Phi) is 3.92. The lowest BCUT2D eigenvalue weighted by Gasteiger charge is -2.20. The number of hydrogen-bond acceptors (Lipinski definition) is 6. The lowest BCUT2D eigenvalue weighted by atomic mass is 10.0. The van der Waals surface area contributed by atoms with Gasteiger partial charge in [0.1, 0.15) is 5.56 Å². The number of amides is 1. The van der Waals surface area contributed by atoms with Crippen molar-refractivity contribution in [2.24, 2.45) is 0 Å². The Balaban J connectivity index is 2.03. The molecular weight excluding hydrogens is 308 g/mol. The highest BCUT2D eigenvalue weighted by Gasteiger charge is 2.30. The first-order valence-corrected chi connectivity index (χ1v) is 7.53. The highest BCUT2D eigenvalue weighted by molar-refractivity contribution is 5.77. The summed E-state index contributed by atoms with van der Waals surface area (Å²) in [7, 11) is 0. The van der Waals surface area contributed by atoms with Crippen molar-refractivity contribution in [1.29, 1.82) is 0 Å². The lowest BCUT2D eigenvalue weighted by Crippen LogP contribution is -2.40. The third-order valence-electron chi connectivity index (χ3n) is 3.59. The Hall–Kier alpha value is -2.96. The molecule has 0 aliphatic rings. The highest BCUT2D eigenvalue weighted by Crippen LogP contribution is 2.34. The SMILES string of the molecule is CC(=O)NC(C)(C)c1noc(-c2c(C)noc2-c2ccccc2)n1. The van der Waals surface area contributed by atoms with Crippen molar-refractivity contribution in [3.63, 3.8) is 0 Å². The van der Waals surface area contributed by atoms with Gasteiger partial charge in [-0.1, -0.05) is 40.6 Å². The van der Waals surface area contributed by atoms with Crippen LogP contribution >= 0.6 is 0 Å². The number of carbonyl (C=O) groups is 1. The Bertz CT molecular complexity index is 865. The van der Waals surface area contributed by atoms with Crippen molar-refractivity contribution in [2.45, 2.75) is 33.2 Å². The van der Waals surface area contributed by atoms with Gasteiger partial charge < -0.3 is 14.4 Å². The van der Waals surface area contributed by atoms with E-state index in [9.17, 15) is 4.79 Å². The summed E-state index contributed by atoms with van der Waals surface area (Å²) >= 11 is 0. The second-order valence-electron chi connectivity index (χ2n) is 6.07. The number of rotatable bonds is 4. The molecule has 2 aromatic heterocycles. The van der Waals surface area contributed by atoms with Crippen LogP contribution in [0.15, 0.2) is 39.4 Å².